The number of benzene rings is 1. The van der Waals surface area contributed by atoms with Crippen molar-refractivity contribution in [1.29, 1.82) is 0 Å². The smallest absolute Gasteiger partial charge is 0.252 e. The van der Waals surface area contributed by atoms with Crippen LogP contribution in [0.1, 0.15) is 37.3 Å². The molecule has 224 valence electrons. The zero-order valence-corrected chi connectivity index (χ0v) is 24.4. The second-order valence-corrected chi connectivity index (χ2v) is 12.3. The minimum absolute atomic E-state index is 0.0203. The van der Waals surface area contributed by atoms with Crippen LogP contribution >= 0.6 is 0 Å². The number of aliphatic hydroxyl groups excluding tert-OH is 1. The number of nitrogens with one attached hydrogen (secondary N) is 1. The van der Waals surface area contributed by atoms with Gasteiger partial charge in [0.05, 0.1) is 43.6 Å². The van der Waals surface area contributed by atoms with Crippen molar-refractivity contribution in [1.82, 2.24) is 29.7 Å². The van der Waals surface area contributed by atoms with Crippen molar-refractivity contribution in [2.75, 3.05) is 45.5 Å². The van der Waals surface area contributed by atoms with Crippen LogP contribution in [-0.2, 0) is 24.1 Å². The molecular formula is C28H35N7O6S. The van der Waals surface area contributed by atoms with Gasteiger partial charge >= 0.3 is 0 Å². The van der Waals surface area contributed by atoms with E-state index < -0.39 is 15.4 Å². The Hall–Kier alpha value is -3.85. The Morgan fingerprint density at radius 2 is 1.90 bits per heavy atom. The molecule has 0 radical (unpaired) electrons. The standard InChI is InChI=1S/C28H35N7O6S/c1-40-14-15-41-28(27(37)30-12-13-36)10-8-19(9-11-28)23-24(42(2,38)39)25(29)35-26(33-23)22(17-32-35)20-16-31-34(18-20)21-6-4-3-5-7-21/h3-7,16-19,36H,8-15,29H2,1-2H3,(H,30,37)/t19-,28-. The number of hydrogen-bond donors (Lipinski definition) is 3. The predicted octanol–water partition coefficient (Wildman–Crippen LogP) is 1.74. The molecule has 1 aliphatic rings. The molecule has 0 saturated heterocycles. The first-order valence-electron chi connectivity index (χ1n) is 13.7. The van der Waals surface area contributed by atoms with Gasteiger partial charge in [-0.05, 0) is 37.8 Å². The number of para-hydroxylation sites is 1. The number of carbonyl (C=O) groups is 1. The molecule has 0 bridgehead atoms. The minimum Gasteiger partial charge on any atom is -0.395 e. The van der Waals surface area contributed by atoms with Crippen molar-refractivity contribution in [3.63, 3.8) is 0 Å². The number of rotatable bonds is 11. The summed E-state index contributed by atoms with van der Waals surface area (Å²) in [6, 6.07) is 9.64. The Morgan fingerprint density at radius 1 is 1.17 bits per heavy atom. The number of nitrogens with zero attached hydrogens (tertiary/aromatic N) is 5. The number of carbonyl (C=O) groups excluding carboxylic acids is 1. The van der Waals surface area contributed by atoms with Gasteiger partial charge in [-0.3, -0.25) is 4.79 Å². The van der Waals surface area contributed by atoms with Crippen molar-refractivity contribution in [2.24, 2.45) is 0 Å². The Balaban J connectivity index is 1.52. The van der Waals surface area contributed by atoms with Crippen molar-refractivity contribution in [3.05, 3.63) is 54.6 Å². The lowest BCUT2D eigenvalue weighted by molar-refractivity contribution is -0.155. The van der Waals surface area contributed by atoms with E-state index in [0.717, 1.165) is 17.5 Å². The summed E-state index contributed by atoms with van der Waals surface area (Å²) in [7, 11) is -2.24. The van der Waals surface area contributed by atoms with Gasteiger partial charge < -0.3 is 25.6 Å². The SMILES string of the molecule is COCCO[C@]1(C(=O)NCCO)CC[C@@H](c2nc3c(-c4cnn(-c5ccccc5)c4)cnn3c(N)c2S(C)(=O)=O)CC1. The van der Waals surface area contributed by atoms with Gasteiger partial charge in [0.2, 0.25) is 0 Å². The number of nitrogen functional groups attached to an aromatic ring is 1. The molecule has 3 aromatic heterocycles. The molecule has 1 aliphatic carbocycles. The van der Waals surface area contributed by atoms with Gasteiger partial charge in [0.25, 0.3) is 5.91 Å². The van der Waals surface area contributed by atoms with Crippen LogP contribution in [-0.4, -0.2) is 89.1 Å². The summed E-state index contributed by atoms with van der Waals surface area (Å²) < 4.78 is 40.3. The summed E-state index contributed by atoms with van der Waals surface area (Å²) in [5.41, 5.74) is 8.39. The number of anilines is 1. The first-order valence-corrected chi connectivity index (χ1v) is 15.6. The summed E-state index contributed by atoms with van der Waals surface area (Å²) in [6.07, 6.45) is 7.76. The summed E-state index contributed by atoms with van der Waals surface area (Å²) in [6.45, 7) is 0.447. The van der Waals surface area contributed by atoms with Gasteiger partial charge in [-0.25, -0.2) is 18.1 Å². The molecule has 1 aromatic carbocycles. The van der Waals surface area contributed by atoms with Crippen LogP contribution in [0.4, 0.5) is 5.82 Å². The van der Waals surface area contributed by atoms with Crippen LogP contribution in [0.3, 0.4) is 0 Å². The number of sulfone groups is 1. The van der Waals surface area contributed by atoms with Gasteiger partial charge in [0.1, 0.15) is 16.3 Å². The number of methoxy groups -OCH3 is 1. The van der Waals surface area contributed by atoms with Crippen molar-refractivity contribution < 1.29 is 27.8 Å². The maximum Gasteiger partial charge on any atom is 0.252 e. The molecule has 1 fully saturated rings. The van der Waals surface area contributed by atoms with E-state index in [2.05, 4.69) is 15.5 Å². The number of nitrogens with two attached hydrogens (primary N) is 1. The Morgan fingerprint density at radius 3 is 2.57 bits per heavy atom. The van der Waals surface area contributed by atoms with Crippen molar-refractivity contribution in [3.8, 4) is 16.8 Å². The van der Waals surface area contributed by atoms with E-state index in [1.54, 1.807) is 24.2 Å². The first kappa shape index (κ1) is 29.6. The molecule has 13 nitrogen and oxygen atoms in total. The summed E-state index contributed by atoms with van der Waals surface area (Å²) in [5, 5.41) is 20.8. The van der Waals surface area contributed by atoms with Crippen LogP contribution in [0.5, 0.6) is 0 Å². The van der Waals surface area contributed by atoms with Crippen LogP contribution in [0.25, 0.3) is 22.5 Å². The second kappa shape index (κ2) is 12.2. The highest BCUT2D eigenvalue weighted by Gasteiger charge is 2.44. The molecule has 0 spiro atoms. The highest BCUT2D eigenvalue weighted by atomic mass is 32.2. The van der Waals surface area contributed by atoms with Gasteiger partial charge in [0, 0.05) is 43.2 Å². The van der Waals surface area contributed by atoms with E-state index >= 15 is 0 Å². The zero-order chi connectivity index (χ0) is 29.9. The topological polar surface area (TPSA) is 176 Å². The molecule has 3 heterocycles. The molecule has 14 heteroatoms. The second-order valence-electron chi connectivity index (χ2n) is 10.4. The number of aliphatic hydroxyl groups is 1. The first-order chi connectivity index (χ1) is 20.2. The van der Waals surface area contributed by atoms with E-state index in [0.29, 0.717) is 49.2 Å². The van der Waals surface area contributed by atoms with Crippen molar-refractivity contribution >= 4 is 27.2 Å². The predicted molar refractivity (Wildman–Crippen MR) is 155 cm³/mol. The maximum absolute atomic E-state index is 13.1. The van der Waals surface area contributed by atoms with Crippen LogP contribution < -0.4 is 11.1 Å². The largest absolute Gasteiger partial charge is 0.395 e. The molecular weight excluding hydrogens is 562 g/mol. The third-order valence-corrected chi connectivity index (χ3v) is 8.77. The molecule has 5 rings (SSSR count). The quantitative estimate of drug-likeness (QED) is 0.216. The van der Waals surface area contributed by atoms with Gasteiger partial charge in [-0.15, -0.1) is 0 Å². The van der Waals surface area contributed by atoms with Crippen LogP contribution in [0, 0.1) is 0 Å². The lowest BCUT2D eigenvalue weighted by Gasteiger charge is -2.39. The van der Waals surface area contributed by atoms with E-state index in [4.69, 9.17) is 20.2 Å². The van der Waals surface area contributed by atoms with E-state index in [1.807, 2.05) is 36.5 Å². The van der Waals surface area contributed by atoms with Crippen LogP contribution in [0.15, 0.2) is 53.8 Å². The number of aromatic nitrogens is 5. The highest BCUT2D eigenvalue weighted by molar-refractivity contribution is 7.91. The van der Waals surface area contributed by atoms with Gasteiger partial charge in [0.15, 0.2) is 15.5 Å². The fourth-order valence-corrected chi connectivity index (χ4v) is 6.57. The Labute approximate surface area is 243 Å². The molecule has 0 aliphatic heterocycles. The normalized spacial score (nSPS) is 19.3. The number of fused-ring (bicyclic) bond motifs is 1. The van der Waals surface area contributed by atoms with Crippen LogP contribution in [0.2, 0.25) is 0 Å². The number of ether oxygens (including phenoxy) is 2. The summed E-state index contributed by atoms with van der Waals surface area (Å²) in [5.74, 6) is -0.638. The van der Waals surface area contributed by atoms with E-state index in [-0.39, 0.29) is 42.3 Å². The molecule has 0 unspecified atom stereocenters. The fourth-order valence-electron chi connectivity index (χ4n) is 5.51. The van der Waals surface area contributed by atoms with Gasteiger partial charge in [-0.2, -0.15) is 14.7 Å². The molecule has 1 saturated carbocycles. The average Bonchev–Trinajstić information content (AvgIpc) is 3.64. The lowest BCUT2D eigenvalue weighted by atomic mass is 9.76. The monoisotopic (exact) mass is 597 g/mol. The van der Waals surface area contributed by atoms with E-state index in [9.17, 15) is 18.3 Å². The minimum atomic E-state index is -3.79. The van der Waals surface area contributed by atoms with Crippen molar-refractivity contribution in [2.45, 2.75) is 42.1 Å². The molecule has 42 heavy (non-hydrogen) atoms. The third-order valence-electron chi connectivity index (χ3n) is 7.61. The zero-order valence-electron chi connectivity index (χ0n) is 23.6. The number of amides is 1. The summed E-state index contributed by atoms with van der Waals surface area (Å²) >= 11 is 0. The summed E-state index contributed by atoms with van der Waals surface area (Å²) in [4.78, 5) is 17.9. The third kappa shape index (κ3) is 5.75. The lowest BCUT2D eigenvalue weighted by Crippen LogP contribution is -2.52. The molecule has 4 N–H and O–H groups in total. The highest BCUT2D eigenvalue weighted by Crippen LogP contribution is 2.43. The number of hydrogen-bond acceptors (Lipinski definition) is 10. The van der Waals surface area contributed by atoms with E-state index in [1.165, 1.54) is 4.52 Å². The average molecular weight is 598 g/mol. The molecule has 1 amide bonds. The molecule has 4 aromatic rings. The van der Waals surface area contributed by atoms with Gasteiger partial charge in [-0.1, -0.05) is 18.2 Å². The maximum atomic E-state index is 13.1. The molecule has 0 atom stereocenters. The Kier molecular flexibility index (Phi) is 8.59. The Bertz CT molecular complexity index is 1660. The fraction of sp³-hybridized carbons (Fsp3) is 0.429.